The number of hydrogen-bond donors (Lipinski definition) is 0. The number of aldehydes is 1. The predicted molar refractivity (Wildman–Crippen MR) is 49.4 cm³/mol. The summed E-state index contributed by atoms with van der Waals surface area (Å²) in [5.74, 6) is 0.988. The number of carbonyl (C=O) groups is 1. The summed E-state index contributed by atoms with van der Waals surface area (Å²) in [6, 6.07) is 3.46. The van der Waals surface area contributed by atoms with Crippen LogP contribution in [0.1, 0.15) is 10.6 Å². The minimum absolute atomic E-state index is 0.135. The number of carbonyl (C=O) groups excluding carboxylic acids is 1. The summed E-state index contributed by atoms with van der Waals surface area (Å²) in [5.41, 5.74) is 0.847. The average Bonchev–Trinajstić information content (AvgIpc) is 2.93. The van der Waals surface area contributed by atoms with Gasteiger partial charge in [0.25, 0.3) is 5.89 Å². The van der Waals surface area contributed by atoms with E-state index in [9.17, 15) is 4.79 Å². The van der Waals surface area contributed by atoms with Crippen molar-refractivity contribution in [2.75, 3.05) is 0 Å². The van der Waals surface area contributed by atoms with Crippen molar-refractivity contribution in [1.82, 2.24) is 4.98 Å². The van der Waals surface area contributed by atoms with Crippen LogP contribution in [0.15, 0.2) is 37.9 Å². The van der Waals surface area contributed by atoms with Crippen LogP contribution in [0.3, 0.4) is 0 Å². The first-order valence-electron chi connectivity index (χ1n) is 4.25. The molecule has 3 heterocycles. The summed E-state index contributed by atoms with van der Waals surface area (Å²) in [7, 11) is 0. The fraction of sp³-hybridized carbons (Fsp3) is 0. The van der Waals surface area contributed by atoms with Crippen LogP contribution in [0.25, 0.3) is 22.8 Å². The molecule has 0 aliphatic heterocycles. The van der Waals surface area contributed by atoms with Gasteiger partial charge in [0.05, 0.1) is 6.26 Å². The highest BCUT2D eigenvalue weighted by atomic mass is 16.4. The van der Waals surface area contributed by atoms with Crippen molar-refractivity contribution in [2.45, 2.75) is 0 Å². The maximum atomic E-state index is 10.6. The number of aromatic nitrogens is 1. The van der Waals surface area contributed by atoms with Gasteiger partial charge in [-0.1, -0.05) is 0 Å². The first kappa shape index (κ1) is 8.05. The number of furan rings is 2. The van der Waals surface area contributed by atoms with Gasteiger partial charge < -0.3 is 13.3 Å². The molecule has 0 aromatic carbocycles. The molecule has 0 unspecified atom stereocenters. The lowest BCUT2D eigenvalue weighted by atomic mass is 10.4. The maximum Gasteiger partial charge on any atom is 0.264 e. The Balaban J connectivity index is 2.23. The maximum absolute atomic E-state index is 10.6. The zero-order chi connectivity index (χ0) is 10.3. The van der Waals surface area contributed by atoms with Crippen LogP contribution >= 0.6 is 0 Å². The molecular formula is C10H5NO4. The van der Waals surface area contributed by atoms with Crippen molar-refractivity contribution in [3.63, 3.8) is 0 Å². The van der Waals surface area contributed by atoms with Gasteiger partial charge in [0.2, 0.25) is 11.3 Å². The molecule has 3 aromatic rings. The number of oxazole rings is 1. The number of nitrogens with zero attached hydrogens (tertiary/aromatic N) is 1. The molecule has 15 heavy (non-hydrogen) atoms. The minimum atomic E-state index is 0.135. The Morgan fingerprint density at radius 3 is 3.00 bits per heavy atom. The second kappa shape index (κ2) is 2.84. The molecule has 3 aromatic heterocycles. The molecule has 0 saturated carbocycles. The second-order valence-corrected chi connectivity index (χ2v) is 2.93. The molecule has 0 atom stereocenters. The Labute approximate surface area is 83.3 Å². The number of hydrogen-bond acceptors (Lipinski definition) is 5. The molecular weight excluding hydrogens is 198 g/mol. The van der Waals surface area contributed by atoms with Crippen LogP contribution in [-0.2, 0) is 0 Å². The minimum Gasteiger partial charge on any atom is -0.459 e. The van der Waals surface area contributed by atoms with E-state index in [1.807, 2.05) is 0 Å². The zero-order valence-corrected chi connectivity index (χ0v) is 7.47. The third-order valence-corrected chi connectivity index (χ3v) is 2.01. The average molecular weight is 203 g/mol. The van der Waals surface area contributed by atoms with E-state index in [1.165, 1.54) is 12.5 Å². The summed E-state index contributed by atoms with van der Waals surface area (Å²) in [6.07, 6.45) is 3.48. The highest BCUT2D eigenvalue weighted by Gasteiger charge is 2.15. The molecule has 0 bridgehead atoms. The number of rotatable bonds is 2. The Morgan fingerprint density at radius 2 is 2.27 bits per heavy atom. The molecule has 0 amide bonds. The highest BCUT2D eigenvalue weighted by molar-refractivity contribution is 5.90. The molecule has 74 valence electrons. The standard InChI is InChI=1S/C10H5NO4/c12-4-8-9-6(5-14-8)11-10(15-9)7-2-1-3-13-7/h1-5H. The smallest absolute Gasteiger partial charge is 0.264 e. The van der Waals surface area contributed by atoms with Gasteiger partial charge in [-0.2, -0.15) is 0 Å². The van der Waals surface area contributed by atoms with Crippen molar-refractivity contribution < 1.29 is 18.0 Å². The Hall–Kier alpha value is -2.30. The van der Waals surface area contributed by atoms with Crippen LogP contribution in [0.4, 0.5) is 0 Å². The Kier molecular flexibility index (Phi) is 1.53. The summed E-state index contributed by atoms with van der Waals surface area (Å²) >= 11 is 0. The van der Waals surface area contributed by atoms with Crippen LogP contribution in [0, 0.1) is 0 Å². The Morgan fingerprint density at radius 1 is 1.33 bits per heavy atom. The first-order valence-corrected chi connectivity index (χ1v) is 4.25. The third kappa shape index (κ3) is 1.10. The normalized spacial score (nSPS) is 10.9. The molecule has 3 rings (SSSR count). The largest absolute Gasteiger partial charge is 0.459 e. The van der Waals surface area contributed by atoms with E-state index in [4.69, 9.17) is 13.3 Å². The van der Waals surface area contributed by atoms with E-state index in [2.05, 4.69) is 4.98 Å². The summed E-state index contributed by atoms with van der Waals surface area (Å²) in [5, 5.41) is 0. The highest BCUT2D eigenvalue weighted by Crippen LogP contribution is 2.27. The summed E-state index contributed by atoms with van der Waals surface area (Å²) in [4.78, 5) is 14.7. The molecule has 0 fully saturated rings. The van der Waals surface area contributed by atoms with Gasteiger partial charge in [0, 0.05) is 0 Å². The van der Waals surface area contributed by atoms with E-state index in [1.54, 1.807) is 12.1 Å². The molecule has 0 aliphatic carbocycles. The van der Waals surface area contributed by atoms with Gasteiger partial charge in [-0.3, -0.25) is 4.79 Å². The van der Waals surface area contributed by atoms with E-state index >= 15 is 0 Å². The number of fused-ring (bicyclic) bond motifs is 1. The summed E-state index contributed by atoms with van der Waals surface area (Å²) < 4.78 is 15.4. The van der Waals surface area contributed by atoms with Crippen molar-refractivity contribution in [1.29, 1.82) is 0 Å². The lowest BCUT2D eigenvalue weighted by molar-refractivity contribution is 0.110. The van der Waals surface area contributed by atoms with Gasteiger partial charge in [0.15, 0.2) is 12.0 Å². The lowest BCUT2D eigenvalue weighted by Gasteiger charge is -1.85. The van der Waals surface area contributed by atoms with Crippen molar-refractivity contribution in [2.24, 2.45) is 0 Å². The van der Waals surface area contributed by atoms with Crippen molar-refractivity contribution in [3.8, 4) is 11.7 Å². The lowest BCUT2D eigenvalue weighted by Crippen LogP contribution is -1.71. The molecule has 0 spiro atoms. The van der Waals surface area contributed by atoms with Crippen LogP contribution < -0.4 is 0 Å². The van der Waals surface area contributed by atoms with E-state index in [-0.39, 0.29) is 5.76 Å². The van der Waals surface area contributed by atoms with Crippen molar-refractivity contribution in [3.05, 3.63) is 30.4 Å². The third-order valence-electron chi connectivity index (χ3n) is 2.01. The van der Waals surface area contributed by atoms with Crippen LogP contribution in [0.5, 0.6) is 0 Å². The van der Waals surface area contributed by atoms with Gasteiger partial charge in [-0.05, 0) is 12.1 Å². The quantitative estimate of drug-likeness (QED) is 0.598. The Bertz CT molecular complexity index is 602. The molecule has 0 radical (unpaired) electrons. The second-order valence-electron chi connectivity index (χ2n) is 2.93. The van der Waals surface area contributed by atoms with Crippen LogP contribution in [-0.4, -0.2) is 11.3 Å². The molecule has 0 aliphatic rings. The predicted octanol–water partition coefficient (Wildman–Crippen LogP) is 2.49. The molecule has 5 nitrogen and oxygen atoms in total. The van der Waals surface area contributed by atoms with Gasteiger partial charge >= 0.3 is 0 Å². The van der Waals surface area contributed by atoms with E-state index in [0.717, 1.165) is 0 Å². The molecule has 0 saturated heterocycles. The molecule has 0 N–H and O–H groups in total. The van der Waals surface area contributed by atoms with Crippen molar-refractivity contribution >= 4 is 17.4 Å². The summed E-state index contributed by atoms with van der Waals surface area (Å²) in [6.45, 7) is 0. The monoisotopic (exact) mass is 203 g/mol. The van der Waals surface area contributed by atoms with E-state index < -0.39 is 0 Å². The fourth-order valence-corrected chi connectivity index (χ4v) is 1.35. The SMILES string of the molecule is O=Cc1occ2nc(-c3ccco3)oc12. The fourth-order valence-electron chi connectivity index (χ4n) is 1.35. The first-order chi connectivity index (χ1) is 7.38. The van der Waals surface area contributed by atoms with Gasteiger partial charge in [-0.15, -0.1) is 0 Å². The van der Waals surface area contributed by atoms with Gasteiger partial charge in [0.1, 0.15) is 11.8 Å². The van der Waals surface area contributed by atoms with Gasteiger partial charge in [-0.25, -0.2) is 4.98 Å². The zero-order valence-electron chi connectivity index (χ0n) is 7.47. The molecule has 5 heteroatoms. The van der Waals surface area contributed by atoms with E-state index in [0.29, 0.717) is 29.0 Å². The van der Waals surface area contributed by atoms with Crippen LogP contribution in [0.2, 0.25) is 0 Å². The topological polar surface area (TPSA) is 69.4 Å².